The van der Waals surface area contributed by atoms with E-state index in [1.54, 1.807) is 13.4 Å². The molecule has 3 aromatic carbocycles. The minimum atomic E-state index is 0.765. The van der Waals surface area contributed by atoms with Crippen LogP contribution in [0.25, 0.3) is 27.8 Å². The zero-order chi connectivity index (χ0) is 21.2. The van der Waals surface area contributed by atoms with Crippen LogP contribution in [-0.4, -0.2) is 21.6 Å². The van der Waals surface area contributed by atoms with Crippen molar-refractivity contribution in [3.8, 4) is 22.6 Å². The van der Waals surface area contributed by atoms with Gasteiger partial charge in [0, 0.05) is 23.1 Å². The molecule has 31 heavy (non-hydrogen) atoms. The van der Waals surface area contributed by atoms with Crippen molar-refractivity contribution in [2.75, 3.05) is 12.4 Å². The summed E-state index contributed by atoms with van der Waals surface area (Å²) < 4.78 is 7.42. The Morgan fingerprint density at radius 3 is 2.32 bits per heavy atom. The van der Waals surface area contributed by atoms with Crippen molar-refractivity contribution < 1.29 is 4.74 Å². The van der Waals surface area contributed by atoms with Crippen molar-refractivity contribution in [1.82, 2.24) is 14.5 Å². The number of nitrogens with zero attached hydrogens (tertiary/aromatic N) is 3. The number of nitrogens with one attached hydrogen (secondary N) is 1. The molecule has 0 atom stereocenters. The van der Waals surface area contributed by atoms with Gasteiger partial charge in [0.15, 0.2) is 5.65 Å². The lowest BCUT2D eigenvalue weighted by atomic mass is 10.1. The molecule has 5 rings (SSSR count). The SMILES string of the molecule is COc1ccc(Nc2ncnc3c2c(-c2ccccc2)cn3-c2ccccc2C)cc1. The largest absolute Gasteiger partial charge is 0.497 e. The van der Waals surface area contributed by atoms with Crippen LogP contribution in [0.15, 0.2) is 91.4 Å². The van der Waals surface area contributed by atoms with E-state index in [0.717, 1.165) is 45.1 Å². The highest BCUT2D eigenvalue weighted by Crippen LogP contribution is 2.36. The number of aromatic nitrogens is 3. The fourth-order valence-electron chi connectivity index (χ4n) is 3.82. The van der Waals surface area contributed by atoms with Crippen LogP contribution in [0.4, 0.5) is 11.5 Å². The monoisotopic (exact) mass is 406 g/mol. The third-order valence-corrected chi connectivity index (χ3v) is 5.40. The Hall–Kier alpha value is -4.12. The maximum atomic E-state index is 5.27. The lowest BCUT2D eigenvalue weighted by molar-refractivity contribution is 0.415. The van der Waals surface area contributed by atoms with Crippen LogP contribution in [0.2, 0.25) is 0 Å². The average Bonchev–Trinajstić information content (AvgIpc) is 3.21. The van der Waals surface area contributed by atoms with Gasteiger partial charge in [0.05, 0.1) is 12.5 Å². The number of hydrogen-bond acceptors (Lipinski definition) is 4. The summed E-state index contributed by atoms with van der Waals surface area (Å²) in [6, 6.07) is 26.5. The first kappa shape index (κ1) is 18.9. The quantitative estimate of drug-likeness (QED) is 0.380. The molecular formula is C26H22N4O. The second-order valence-electron chi connectivity index (χ2n) is 7.34. The van der Waals surface area contributed by atoms with Crippen molar-refractivity contribution in [3.63, 3.8) is 0 Å². The molecule has 0 radical (unpaired) electrons. The highest BCUT2D eigenvalue weighted by Gasteiger charge is 2.18. The zero-order valence-corrected chi connectivity index (χ0v) is 17.4. The number of methoxy groups -OCH3 is 1. The van der Waals surface area contributed by atoms with E-state index in [0.29, 0.717) is 0 Å². The summed E-state index contributed by atoms with van der Waals surface area (Å²) in [7, 11) is 1.66. The molecule has 0 aliphatic rings. The summed E-state index contributed by atoms with van der Waals surface area (Å²) in [5.74, 6) is 1.58. The van der Waals surface area contributed by atoms with Gasteiger partial charge >= 0.3 is 0 Å². The first-order valence-electron chi connectivity index (χ1n) is 10.1. The molecule has 2 aromatic heterocycles. The second-order valence-corrected chi connectivity index (χ2v) is 7.34. The molecule has 0 aliphatic heterocycles. The molecule has 5 aromatic rings. The number of benzene rings is 3. The van der Waals surface area contributed by atoms with Crippen LogP contribution in [0, 0.1) is 6.92 Å². The predicted octanol–water partition coefficient (Wildman–Crippen LogP) is 6.15. The molecular weight excluding hydrogens is 384 g/mol. The molecule has 152 valence electrons. The van der Waals surface area contributed by atoms with Crippen molar-refractivity contribution in [3.05, 3.63) is 97.0 Å². The van der Waals surface area contributed by atoms with E-state index >= 15 is 0 Å². The summed E-state index contributed by atoms with van der Waals surface area (Å²) in [5.41, 5.74) is 6.27. The predicted molar refractivity (Wildman–Crippen MR) is 125 cm³/mol. The van der Waals surface area contributed by atoms with Crippen molar-refractivity contribution in [2.24, 2.45) is 0 Å². The number of para-hydroxylation sites is 1. The summed E-state index contributed by atoms with van der Waals surface area (Å²) >= 11 is 0. The Balaban J connectivity index is 1.72. The first-order valence-corrected chi connectivity index (χ1v) is 10.1. The van der Waals surface area contributed by atoms with Gasteiger partial charge in [-0.05, 0) is 48.4 Å². The van der Waals surface area contributed by atoms with Crippen LogP contribution in [0.1, 0.15) is 5.56 Å². The molecule has 2 heterocycles. The molecule has 0 fully saturated rings. The third-order valence-electron chi connectivity index (χ3n) is 5.40. The highest BCUT2D eigenvalue weighted by molar-refractivity contribution is 6.03. The summed E-state index contributed by atoms with van der Waals surface area (Å²) in [6.45, 7) is 2.11. The van der Waals surface area contributed by atoms with Crippen molar-refractivity contribution in [1.29, 1.82) is 0 Å². The maximum absolute atomic E-state index is 5.27. The summed E-state index contributed by atoms with van der Waals surface area (Å²) in [5, 5.41) is 4.45. The van der Waals surface area contributed by atoms with Crippen LogP contribution in [0.3, 0.4) is 0 Å². The lowest BCUT2D eigenvalue weighted by Crippen LogP contribution is -1.99. The molecule has 0 amide bonds. The molecule has 0 spiro atoms. The topological polar surface area (TPSA) is 52.0 Å². The van der Waals surface area contributed by atoms with E-state index in [1.165, 1.54) is 5.56 Å². The van der Waals surface area contributed by atoms with Crippen LogP contribution >= 0.6 is 0 Å². The van der Waals surface area contributed by atoms with E-state index < -0.39 is 0 Å². The average molecular weight is 406 g/mol. The Bertz CT molecular complexity index is 1340. The molecule has 1 N–H and O–H groups in total. The van der Waals surface area contributed by atoms with Crippen LogP contribution < -0.4 is 10.1 Å². The van der Waals surface area contributed by atoms with Gasteiger partial charge in [-0.1, -0.05) is 48.5 Å². The molecule has 0 saturated carbocycles. The van der Waals surface area contributed by atoms with E-state index in [2.05, 4.69) is 57.2 Å². The summed E-state index contributed by atoms with van der Waals surface area (Å²) in [4.78, 5) is 9.26. The molecule has 0 unspecified atom stereocenters. The minimum Gasteiger partial charge on any atom is -0.497 e. The Kier molecular flexibility index (Phi) is 4.84. The van der Waals surface area contributed by atoms with Crippen LogP contribution in [-0.2, 0) is 0 Å². The van der Waals surface area contributed by atoms with Crippen molar-refractivity contribution in [2.45, 2.75) is 6.92 Å². The molecule has 0 aliphatic carbocycles. The Morgan fingerprint density at radius 1 is 0.839 bits per heavy atom. The van der Waals surface area contributed by atoms with Gasteiger partial charge in [-0.2, -0.15) is 0 Å². The third kappa shape index (κ3) is 3.51. The minimum absolute atomic E-state index is 0.765. The second kappa shape index (κ2) is 7.95. The van der Waals surface area contributed by atoms with E-state index in [4.69, 9.17) is 4.74 Å². The van der Waals surface area contributed by atoms with Gasteiger partial charge in [-0.3, -0.25) is 0 Å². The molecule has 5 nitrogen and oxygen atoms in total. The molecule has 0 bridgehead atoms. The number of fused-ring (bicyclic) bond motifs is 1. The zero-order valence-electron chi connectivity index (χ0n) is 17.4. The number of hydrogen-bond donors (Lipinski definition) is 1. The van der Waals surface area contributed by atoms with Gasteiger partial charge in [0.2, 0.25) is 0 Å². The molecule has 5 heteroatoms. The first-order chi connectivity index (χ1) is 15.2. The van der Waals surface area contributed by atoms with Gasteiger partial charge in [-0.25, -0.2) is 9.97 Å². The smallest absolute Gasteiger partial charge is 0.150 e. The van der Waals surface area contributed by atoms with Gasteiger partial charge in [0.1, 0.15) is 17.9 Å². The number of rotatable bonds is 5. The number of ether oxygens (including phenoxy) is 1. The standard InChI is InChI=1S/C26H22N4O/c1-18-8-6-7-11-23(18)30-16-22(19-9-4-3-5-10-19)24-25(27-17-28-26(24)30)29-20-12-14-21(31-2)15-13-20/h3-17H,1-2H3,(H,27,28,29). The number of aryl methyl sites for hydroxylation is 1. The fraction of sp³-hybridized carbons (Fsp3) is 0.0769. The van der Waals surface area contributed by atoms with Gasteiger partial charge in [-0.15, -0.1) is 0 Å². The van der Waals surface area contributed by atoms with Gasteiger partial charge < -0.3 is 14.6 Å². The van der Waals surface area contributed by atoms with E-state index in [9.17, 15) is 0 Å². The summed E-state index contributed by atoms with van der Waals surface area (Å²) in [6.07, 6.45) is 3.76. The van der Waals surface area contributed by atoms with Crippen molar-refractivity contribution >= 4 is 22.5 Å². The maximum Gasteiger partial charge on any atom is 0.150 e. The van der Waals surface area contributed by atoms with Gasteiger partial charge in [0.25, 0.3) is 0 Å². The van der Waals surface area contributed by atoms with Crippen LogP contribution in [0.5, 0.6) is 5.75 Å². The Labute approximate surface area is 181 Å². The highest BCUT2D eigenvalue weighted by atomic mass is 16.5. The fourth-order valence-corrected chi connectivity index (χ4v) is 3.82. The van der Waals surface area contributed by atoms with E-state index in [1.807, 2.05) is 54.6 Å². The molecule has 0 saturated heterocycles. The number of anilines is 2. The Morgan fingerprint density at radius 2 is 1.58 bits per heavy atom. The normalized spacial score (nSPS) is 10.9. The van der Waals surface area contributed by atoms with E-state index in [-0.39, 0.29) is 0 Å². The lowest BCUT2D eigenvalue weighted by Gasteiger charge is -2.10.